The van der Waals surface area contributed by atoms with Crippen LogP contribution in [0.2, 0.25) is 0 Å². The highest BCUT2D eigenvalue weighted by Gasteiger charge is 2.32. The van der Waals surface area contributed by atoms with E-state index in [9.17, 15) is 4.79 Å². The molecule has 148 valence electrons. The van der Waals surface area contributed by atoms with Crippen LogP contribution in [0.25, 0.3) is 0 Å². The number of ether oxygens (including phenoxy) is 1. The lowest BCUT2D eigenvalue weighted by Gasteiger charge is -2.32. The number of benzene rings is 1. The Bertz CT molecular complexity index is 520. The summed E-state index contributed by atoms with van der Waals surface area (Å²) in [6, 6.07) is 10.3. The van der Waals surface area contributed by atoms with Gasteiger partial charge in [-0.05, 0) is 68.8 Å². The fraction of sp³-hybridized carbons (Fsp3) is 0.682. The van der Waals surface area contributed by atoms with Crippen molar-refractivity contribution >= 4 is 18.4 Å². The zero-order valence-corrected chi connectivity index (χ0v) is 17.3. The van der Waals surface area contributed by atoms with Gasteiger partial charge in [-0.25, -0.2) is 0 Å². The third kappa shape index (κ3) is 7.28. The van der Waals surface area contributed by atoms with Crippen LogP contribution < -0.4 is 5.73 Å². The molecule has 0 unspecified atom stereocenters. The highest BCUT2D eigenvalue weighted by molar-refractivity contribution is 5.85. The van der Waals surface area contributed by atoms with Gasteiger partial charge in [0.05, 0.1) is 0 Å². The molecule has 0 saturated carbocycles. The van der Waals surface area contributed by atoms with Gasteiger partial charge in [0, 0.05) is 0 Å². The van der Waals surface area contributed by atoms with E-state index < -0.39 is 6.04 Å². The second kappa shape index (κ2) is 11.6. The number of carbonyl (C=O) groups is 1. The molecule has 3 nitrogen and oxygen atoms in total. The first-order chi connectivity index (χ1) is 12.0. The SMILES string of the molecule is CC(C)C[C@@H]1[C@@H](CCCc2ccccc2)CCC[C@H](N)C(=O)O[C@H]1C.Cl. The van der Waals surface area contributed by atoms with Crippen molar-refractivity contribution in [2.24, 2.45) is 23.5 Å². The van der Waals surface area contributed by atoms with Crippen molar-refractivity contribution in [3.8, 4) is 0 Å². The van der Waals surface area contributed by atoms with E-state index in [1.54, 1.807) is 0 Å². The molecule has 1 aromatic carbocycles. The molecule has 0 amide bonds. The first kappa shape index (κ1) is 23.0. The fourth-order valence-corrected chi connectivity index (χ4v) is 4.17. The Balaban J connectivity index is 0.00000338. The Morgan fingerprint density at radius 2 is 1.88 bits per heavy atom. The molecule has 4 heteroatoms. The molecular weight excluding hydrogens is 346 g/mol. The standard InChI is InChI=1S/C22H35NO2.ClH/c1-16(2)15-20-17(3)25-22(24)21(23)14-8-13-19(20)12-7-11-18-9-5-4-6-10-18;/h4-6,9-10,16-17,19-21H,7-8,11-15,23H2,1-3H3;1H/t17-,19-,20-,21-;/m0./s1. The van der Waals surface area contributed by atoms with Crippen molar-refractivity contribution in [2.45, 2.75) is 77.9 Å². The fourth-order valence-electron chi connectivity index (χ4n) is 4.17. The lowest BCUT2D eigenvalue weighted by molar-refractivity contribution is -0.153. The summed E-state index contributed by atoms with van der Waals surface area (Å²) in [6.07, 6.45) is 7.50. The van der Waals surface area contributed by atoms with Crippen LogP contribution in [0.15, 0.2) is 30.3 Å². The summed E-state index contributed by atoms with van der Waals surface area (Å²) in [5.41, 5.74) is 7.38. The van der Waals surface area contributed by atoms with Crippen LogP contribution in [-0.2, 0) is 16.0 Å². The normalized spacial score (nSPS) is 27.0. The zero-order valence-electron chi connectivity index (χ0n) is 16.5. The minimum absolute atomic E-state index is 0. The lowest BCUT2D eigenvalue weighted by Crippen LogP contribution is -2.36. The van der Waals surface area contributed by atoms with E-state index >= 15 is 0 Å². The lowest BCUT2D eigenvalue weighted by atomic mass is 9.77. The van der Waals surface area contributed by atoms with Crippen molar-refractivity contribution < 1.29 is 9.53 Å². The molecule has 1 fully saturated rings. The van der Waals surface area contributed by atoms with Crippen molar-refractivity contribution in [1.82, 2.24) is 0 Å². The summed E-state index contributed by atoms with van der Waals surface area (Å²) in [6.45, 7) is 6.58. The summed E-state index contributed by atoms with van der Waals surface area (Å²) in [5, 5.41) is 0. The quantitative estimate of drug-likeness (QED) is 0.693. The molecular formula is C22H36ClNO2. The molecule has 1 saturated heterocycles. The predicted molar refractivity (Wildman–Crippen MR) is 110 cm³/mol. The van der Waals surface area contributed by atoms with E-state index in [4.69, 9.17) is 10.5 Å². The van der Waals surface area contributed by atoms with Gasteiger partial charge < -0.3 is 10.5 Å². The second-order valence-electron chi connectivity index (χ2n) is 8.11. The van der Waals surface area contributed by atoms with Crippen LogP contribution in [-0.4, -0.2) is 18.1 Å². The van der Waals surface area contributed by atoms with E-state index in [1.807, 2.05) is 0 Å². The average molecular weight is 382 g/mol. The van der Waals surface area contributed by atoms with Gasteiger partial charge in [0.25, 0.3) is 0 Å². The minimum atomic E-state index is -0.454. The maximum absolute atomic E-state index is 12.1. The van der Waals surface area contributed by atoms with Crippen LogP contribution >= 0.6 is 12.4 Å². The Kier molecular flexibility index (Phi) is 10.3. The number of nitrogens with two attached hydrogens (primary N) is 1. The third-order valence-electron chi connectivity index (χ3n) is 5.53. The topological polar surface area (TPSA) is 52.3 Å². The zero-order chi connectivity index (χ0) is 18.2. The van der Waals surface area contributed by atoms with Crippen LogP contribution in [0.3, 0.4) is 0 Å². The molecule has 0 aromatic heterocycles. The van der Waals surface area contributed by atoms with E-state index in [-0.39, 0.29) is 24.5 Å². The van der Waals surface area contributed by atoms with Gasteiger partial charge in [-0.15, -0.1) is 12.4 Å². The molecule has 0 radical (unpaired) electrons. The first-order valence-electron chi connectivity index (χ1n) is 9.97. The van der Waals surface area contributed by atoms with Crippen molar-refractivity contribution in [3.05, 3.63) is 35.9 Å². The molecule has 0 spiro atoms. The van der Waals surface area contributed by atoms with Crippen LogP contribution in [0, 0.1) is 17.8 Å². The Morgan fingerprint density at radius 1 is 1.19 bits per heavy atom. The Labute approximate surface area is 165 Å². The number of halogens is 1. The number of rotatable bonds is 6. The largest absolute Gasteiger partial charge is 0.461 e. The highest BCUT2D eigenvalue weighted by atomic mass is 35.5. The minimum Gasteiger partial charge on any atom is -0.461 e. The monoisotopic (exact) mass is 381 g/mol. The van der Waals surface area contributed by atoms with Crippen LogP contribution in [0.5, 0.6) is 0 Å². The summed E-state index contributed by atoms with van der Waals surface area (Å²) >= 11 is 0. The number of esters is 1. The van der Waals surface area contributed by atoms with Gasteiger partial charge in [0.2, 0.25) is 0 Å². The highest BCUT2D eigenvalue weighted by Crippen LogP contribution is 2.34. The van der Waals surface area contributed by atoms with Crippen molar-refractivity contribution in [3.63, 3.8) is 0 Å². The van der Waals surface area contributed by atoms with Gasteiger partial charge >= 0.3 is 5.97 Å². The molecule has 1 aliphatic rings. The molecule has 0 bridgehead atoms. The summed E-state index contributed by atoms with van der Waals surface area (Å²) in [4.78, 5) is 12.1. The molecule has 26 heavy (non-hydrogen) atoms. The van der Waals surface area contributed by atoms with Gasteiger partial charge in [-0.1, -0.05) is 50.6 Å². The second-order valence-corrected chi connectivity index (χ2v) is 8.11. The van der Waals surface area contributed by atoms with E-state index in [2.05, 4.69) is 51.1 Å². The van der Waals surface area contributed by atoms with Gasteiger partial charge in [0.1, 0.15) is 12.1 Å². The molecule has 2 rings (SSSR count). The Morgan fingerprint density at radius 3 is 2.54 bits per heavy atom. The molecule has 1 aliphatic heterocycles. The first-order valence-corrected chi connectivity index (χ1v) is 9.97. The number of hydrogen-bond donors (Lipinski definition) is 1. The van der Waals surface area contributed by atoms with Gasteiger partial charge in [-0.2, -0.15) is 0 Å². The summed E-state index contributed by atoms with van der Waals surface area (Å²) < 4.78 is 5.73. The number of cyclic esters (lactones) is 1. The molecule has 2 N–H and O–H groups in total. The third-order valence-corrected chi connectivity index (χ3v) is 5.53. The number of aryl methyl sites for hydroxylation is 1. The van der Waals surface area contributed by atoms with Crippen molar-refractivity contribution in [2.75, 3.05) is 0 Å². The summed E-state index contributed by atoms with van der Waals surface area (Å²) in [5.74, 6) is 1.44. The van der Waals surface area contributed by atoms with Crippen LogP contribution in [0.4, 0.5) is 0 Å². The predicted octanol–water partition coefficient (Wildman–Crippen LogP) is 5.15. The average Bonchev–Trinajstić information content (AvgIpc) is 2.62. The van der Waals surface area contributed by atoms with E-state index in [0.29, 0.717) is 17.8 Å². The Hall–Kier alpha value is -1.06. The van der Waals surface area contributed by atoms with Crippen molar-refractivity contribution in [1.29, 1.82) is 0 Å². The smallest absolute Gasteiger partial charge is 0.323 e. The van der Waals surface area contributed by atoms with E-state index in [0.717, 1.165) is 32.1 Å². The van der Waals surface area contributed by atoms with Gasteiger partial charge in [0.15, 0.2) is 0 Å². The molecule has 4 atom stereocenters. The van der Waals surface area contributed by atoms with Gasteiger partial charge in [-0.3, -0.25) is 4.79 Å². The maximum atomic E-state index is 12.1. The number of hydrogen-bond acceptors (Lipinski definition) is 3. The van der Waals surface area contributed by atoms with E-state index in [1.165, 1.54) is 18.4 Å². The maximum Gasteiger partial charge on any atom is 0.323 e. The van der Waals surface area contributed by atoms with Crippen LogP contribution in [0.1, 0.15) is 64.9 Å². The molecule has 1 aromatic rings. The number of carbonyl (C=O) groups excluding carboxylic acids is 1. The molecule has 1 heterocycles. The molecule has 0 aliphatic carbocycles. The summed E-state index contributed by atoms with van der Waals surface area (Å²) in [7, 11) is 0.